The highest BCUT2D eigenvalue weighted by atomic mass is 19.1. The highest BCUT2D eigenvalue weighted by Gasteiger charge is 2.32. The zero-order valence-electron chi connectivity index (χ0n) is 24.2. The lowest BCUT2D eigenvalue weighted by molar-refractivity contribution is -0.128. The van der Waals surface area contributed by atoms with Crippen molar-refractivity contribution in [2.24, 2.45) is 0 Å². The highest BCUT2D eigenvalue weighted by Crippen LogP contribution is 2.37. The molecule has 6 rings (SSSR count). The Morgan fingerprint density at radius 1 is 1.14 bits per heavy atom. The number of amides is 1. The van der Waals surface area contributed by atoms with Crippen molar-refractivity contribution in [1.82, 2.24) is 19.8 Å². The molecule has 1 amide bonds. The third kappa shape index (κ3) is 5.43. The van der Waals surface area contributed by atoms with Gasteiger partial charge in [-0.15, -0.1) is 0 Å². The number of likely N-dealkylation sites (tertiary alicyclic amines) is 1. The Labute approximate surface area is 246 Å². The molecule has 0 saturated carbocycles. The largest absolute Gasteiger partial charge is 0.462 e. The predicted molar refractivity (Wildman–Crippen MR) is 161 cm³/mol. The van der Waals surface area contributed by atoms with Crippen LogP contribution in [0.15, 0.2) is 43.0 Å². The number of aromatic nitrogens is 2. The predicted octanol–water partition coefficient (Wildman–Crippen LogP) is 4.90. The van der Waals surface area contributed by atoms with Crippen LogP contribution in [0, 0.1) is 17.1 Å². The number of benzene rings is 2. The van der Waals surface area contributed by atoms with E-state index in [-0.39, 0.29) is 30.2 Å². The molecule has 2 aliphatic heterocycles. The van der Waals surface area contributed by atoms with Crippen LogP contribution in [0.4, 0.5) is 10.2 Å². The first-order valence-electron chi connectivity index (χ1n) is 15.0. The molecule has 2 fully saturated rings. The second-order valence-electron chi connectivity index (χ2n) is 11.6. The van der Waals surface area contributed by atoms with Crippen LogP contribution in [0.3, 0.4) is 0 Å². The van der Waals surface area contributed by atoms with E-state index in [2.05, 4.69) is 30.7 Å². The molecular weight excluding hydrogens is 531 g/mol. The number of likely N-dealkylation sites (N-methyl/N-ethyl adjacent to an activating group) is 1. The van der Waals surface area contributed by atoms with Gasteiger partial charge in [0.05, 0.1) is 24.0 Å². The van der Waals surface area contributed by atoms with E-state index >= 15 is 4.39 Å². The number of aryl methyl sites for hydroxylation is 1. The van der Waals surface area contributed by atoms with Gasteiger partial charge < -0.3 is 19.4 Å². The molecule has 2 aromatic carbocycles. The van der Waals surface area contributed by atoms with Crippen molar-refractivity contribution in [2.45, 2.75) is 57.0 Å². The summed E-state index contributed by atoms with van der Waals surface area (Å²) in [6.45, 7) is 6.40. The van der Waals surface area contributed by atoms with Gasteiger partial charge in [-0.05, 0) is 87.0 Å². The van der Waals surface area contributed by atoms with E-state index < -0.39 is 0 Å². The first-order valence-corrected chi connectivity index (χ1v) is 15.0. The third-order valence-electron chi connectivity index (χ3n) is 9.07. The summed E-state index contributed by atoms with van der Waals surface area (Å²) < 4.78 is 22.2. The van der Waals surface area contributed by atoms with Crippen molar-refractivity contribution in [1.29, 1.82) is 5.26 Å². The summed E-state index contributed by atoms with van der Waals surface area (Å²) in [5.74, 6) is 0.0413. The van der Waals surface area contributed by atoms with Gasteiger partial charge in [-0.25, -0.2) is 4.39 Å². The van der Waals surface area contributed by atoms with Gasteiger partial charge in [0.25, 0.3) is 0 Å². The van der Waals surface area contributed by atoms with Crippen molar-refractivity contribution < 1.29 is 13.9 Å². The average molecular weight is 569 g/mol. The molecule has 0 bridgehead atoms. The van der Waals surface area contributed by atoms with Crippen LogP contribution in [-0.2, 0) is 17.6 Å². The Bertz CT molecular complexity index is 1550. The number of piperazine rings is 1. The third-order valence-corrected chi connectivity index (χ3v) is 9.07. The summed E-state index contributed by atoms with van der Waals surface area (Å²) in [6, 6.07) is 12.0. The number of hydrogen-bond acceptors (Lipinski definition) is 7. The van der Waals surface area contributed by atoms with Crippen LogP contribution in [-0.4, -0.2) is 77.6 Å². The Balaban J connectivity index is 1.42. The summed E-state index contributed by atoms with van der Waals surface area (Å²) in [6.07, 6.45) is 7.86. The molecule has 218 valence electrons. The van der Waals surface area contributed by atoms with Crippen LogP contribution < -0.4 is 9.64 Å². The SMILES string of the molecule is C=CC(=O)N1CCN(c2nc(OC[C@@H]3CCCN3C)nc3cc(-c4cccc5c4CCCC5)c(F)cc23)C[C@@H]1CC#N. The van der Waals surface area contributed by atoms with E-state index in [1.165, 1.54) is 23.3 Å². The van der Waals surface area contributed by atoms with Gasteiger partial charge in [-0.2, -0.15) is 15.2 Å². The highest BCUT2D eigenvalue weighted by molar-refractivity contribution is 5.94. The van der Waals surface area contributed by atoms with Crippen LogP contribution >= 0.6 is 0 Å². The molecular formula is C33H37FN6O2. The van der Waals surface area contributed by atoms with Crippen LogP contribution in [0.25, 0.3) is 22.0 Å². The first-order chi connectivity index (χ1) is 20.5. The molecule has 1 aromatic heterocycles. The van der Waals surface area contributed by atoms with Crippen molar-refractivity contribution in [3.63, 3.8) is 0 Å². The summed E-state index contributed by atoms with van der Waals surface area (Å²) >= 11 is 0. The van der Waals surface area contributed by atoms with Gasteiger partial charge in [-0.3, -0.25) is 4.79 Å². The normalized spacial score (nSPS) is 20.8. The Morgan fingerprint density at radius 3 is 2.79 bits per heavy atom. The Kier molecular flexibility index (Phi) is 8.07. The maximum atomic E-state index is 16.0. The number of halogens is 1. The number of carbonyl (C=O) groups excluding carboxylic acids is 1. The maximum Gasteiger partial charge on any atom is 0.319 e. The zero-order valence-corrected chi connectivity index (χ0v) is 24.2. The summed E-state index contributed by atoms with van der Waals surface area (Å²) in [4.78, 5) is 28.1. The van der Waals surface area contributed by atoms with Gasteiger partial charge >= 0.3 is 6.01 Å². The van der Waals surface area contributed by atoms with Gasteiger partial charge in [-0.1, -0.05) is 24.8 Å². The Hall–Kier alpha value is -4.03. The number of nitriles is 1. The van der Waals surface area contributed by atoms with E-state index in [4.69, 9.17) is 14.7 Å². The van der Waals surface area contributed by atoms with E-state index in [0.29, 0.717) is 54.6 Å². The molecule has 3 heterocycles. The summed E-state index contributed by atoms with van der Waals surface area (Å²) in [5, 5.41) is 10.1. The lowest BCUT2D eigenvalue weighted by Crippen LogP contribution is -2.55. The average Bonchev–Trinajstić information content (AvgIpc) is 3.43. The number of ether oxygens (including phenoxy) is 1. The summed E-state index contributed by atoms with van der Waals surface area (Å²) in [5.41, 5.74) is 4.59. The molecule has 2 saturated heterocycles. The molecule has 0 unspecified atom stereocenters. The Morgan fingerprint density at radius 2 is 2.00 bits per heavy atom. The van der Waals surface area contributed by atoms with E-state index in [1.54, 1.807) is 4.90 Å². The number of anilines is 1. The van der Waals surface area contributed by atoms with Gasteiger partial charge in [0.15, 0.2) is 0 Å². The van der Waals surface area contributed by atoms with Gasteiger partial charge in [0.2, 0.25) is 5.91 Å². The monoisotopic (exact) mass is 568 g/mol. The van der Waals surface area contributed by atoms with Crippen molar-refractivity contribution >= 4 is 22.6 Å². The van der Waals surface area contributed by atoms with Gasteiger partial charge in [0, 0.05) is 36.6 Å². The lowest BCUT2D eigenvalue weighted by Gasteiger charge is -2.41. The molecule has 0 spiro atoms. The zero-order chi connectivity index (χ0) is 29.2. The molecule has 9 heteroatoms. The number of hydrogen-bond donors (Lipinski definition) is 0. The van der Waals surface area contributed by atoms with E-state index in [0.717, 1.165) is 50.6 Å². The molecule has 3 aliphatic rings. The number of fused-ring (bicyclic) bond motifs is 2. The van der Waals surface area contributed by atoms with Crippen LogP contribution in [0.1, 0.15) is 43.2 Å². The second-order valence-corrected chi connectivity index (χ2v) is 11.6. The summed E-state index contributed by atoms with van der Waals surface area (Å²) in [7, 11) is 2.10. The van der Waals surface area contributed by atoms with Crippen molar-refractivity contribution in [3.05, 3.63) is 59.9 Å². The number of nitrogens with zero attached hydrogens (tertiary/aromatic N) is 6. The standard InChI is InChI=1S/C33H37FN6O2/c1-3-31(41)40-17-16-39(20-23(40)13-14-35)32-28-18-29(34)27(26-12-6-9-22-8-4-5-11-25(22)26)19-30(28)36-33(37-32)42-21-24-10-7-15-38(24)2/h3,6,9,12,18-19,23-24H,1,4-5,7-8,10-11,13,15-17,20-21H2,2H3/t23-,24-/m0/s1. The topological polar surface area (TPSA) is 85.6 Å². The van der Waals surface area contributed by atoms with Crippen LogP contribution in [0.5, 0.6) is 6.01 Å². The molecule has 42 heavy (non-hydrogen) atoms. The minimum Gasteiger partial charge on any atom is -0.462 e. The quantitative estimate of drug-likeness (QED) is 0.375. The van der Waals surface area contributed by atoms with Crippen molar-refractivity contribution in [2.75, 3.05) is 44.7 Å². The van der Waals surface area contributed by atoms with Gasteiger partial charge in [0.1, 0.15) is 18.2 Å². The number of carbonyl (C=O) groups is 1. The van der Waals surface area contributed by atoms with E-state index in [9.17, 15) is 10.1 Å². The minimum absolute atomic E-state index is 0.175. The second kappa shape index (κ2) is 12.1. The van der Waals surface area contributed by atoms with E-state index in [1.807, 2.05) is 23.1 Å². The fraction of sp³-hybridized carbons (Fsp3) is 0.455. The lowest BCUT2D eigenvalue weighted by atomic mass is 9.85. The molecule has 0 N–H and O–H groups in total. The van der Waals surface area contributed by atoms with Crippen molar-refractivity contribution in [3.8, 4) is 23.2 Å². The smallest absolute Gasteiger partial charge is 0.319 e. The number of rotatable bonds is 7. The molecule has 0 radical (unpaired) electrons. The maximum absolute atomic E-state index is 16.0. The molecule has 2 atom stereocenters. The fourth-order valence-electron chi connectivity index (χ4n) is 6.75. The molecule has 3 aromatic rings. The fourth-order valence-corrected chi connectivity index (χ4v) is 6.75. The molecule has 8 nitrogen and oxygen atoms in total. The van der Waals surface area contributed by atoms with Crippen LogP contribution in [0.2, 0.25) is 0 Å². The minimum atomic E-state index is -0.337. The molecule has 1 aliphatic carbocycles. The first kappa shape index (κ1) is 28.1.